The third kappa shape index (κ3) is 3.27. The first kappa shape index (κ1) is 20.7. The Balaban J connectivity index is 1.30. The van der Waals surface area contributed by atoms with E-state index in [4.69, 9.17) is 0 Å². The third-order valence-corrected chi connectivity index (χ3v) is 10.4. The van der Waals surface area contributed by atoms with Crippen molar-refractivity contribution in [2.24, 2.45) is 40.4 Å². The average molecular weight is 410 g/mol. The van der Waals surface area contributed by atoms with E-state index in [1.807, 2.05) is 24.5 Å². The largest absolute Gasteiger partial charge is 0.393 e. The van der Waals surface area contributed by atoms with Crippen molar-refractivity contribution in [2.45, 2.75) is 90.6 Å². The number of ketones is 1. The van der Waals surface area contributed by atoms with E-state index in [1.54, 1.807) is 0 Å². The highest BCUT2D eigenvalue weighted by Crippen LogP contribution is 2.67. The van der Waals surface area contributed by atoms with Gasteiger partial charge in [0.2, 0.25) is 0 Å². The Hall–Kier alpha value is -1.22. The van der Waals surface area contributed by atoms with Crippen LogP contribution in [0.3, 0.4) is 0 Å². The SMILES string of the molecule is C[C@]12CC[C@H]3[C@@H](CCC4CC(O)CC[C@@]43C)[C@@H]1CC[C@@H]2C(=O)CCc1ccncc1. The molecule has 4 aliphatic rings. The normalized spacial score (nSPS) is 45.3. The summed E-state index contributed by atoms with van der Waals surface area (Å²) >= 11 is 0. The number of hydrogen-bond donors (Lipinski definition) is 1. The number of nitrogens with zero attached hydrogens (tertiary/aromatic N) is 1. The van der Waals surface area contributed by atoms with Crippen LogP contribution < -0.4 is 0 Å². The topological polar surface area (TPSA) is 50.2 Å². The van der Waals surface area contributed by atoms with Gasteiger partial charge in [0.15, 0.2) is 0 Å². The molecule has 2 unspecified atom stereocenters. The maximum atomic E-state index is 13.3. The van der Waals surface area contributed by atoms with Gasteiger partial charge in [-0.15, -0.1) is 0 Å². The molecule has 8 atom stereocenters. The Morgan fingerprint density at radius 2 is 1.73 bits per heavy atom. The van der Waals surface area contributed by atoms with Crippen LogP contribution in [0.2, 0.25) is 0 Å². The van der Waals surface area contributed by atoms with E-state index < -0.39 is 0 Å². The molecular formula is C27H39NO2. The summed E-state index contributed by atoms with van der Waals surface area (Å²) in [4.78, 5) is 17.4. The van der Waals surface area contributed by atoms with Crippen LogP contribution in [0.15, 0.2) is 24.5 Å². The van der Waals surface area contributed by atoms with Gasteiger partial charge < -0.3 is 5.11 Å². The number of aliphatic hydroxyl groups excluding tert-OH is 1. The fourth-order valence-electron chi connectivity index (χ4n) is 8.76. The van der Waals surface area contributed by atoms with Crippen molar-refractivity contribution in [3.8, 4) is 0 Å². The Morgan fingerprint density at radius 1 is 1.00 bits per heavy atom. The van der Waals surface area contributed by atoms with Crippen molar-refractivity contribution in [1.29, 1.82) is 0 Å². The van der Waals surface area contributed by atoms with E-state index in [0.29, 0.717) is 23.5 Å². The van der Waals surface area contributed by atoms with Gasteiger partial charge in [-0.05, 0) is 116 Å². The standard InChI is InChI=1S/C27H39NO2/c1-26-13-9-20(29)17-19(26)4-5-21-22-6-7-24(27(22,2)14-10-23(21)26)25(30)8-3-18-11-15-28-16-12-18/h11-12,15-16,19-24,29H,3-10,13-14,17H2,1-2H3/t19?,20?,21-,22-,23-,24+,26-,27-/m0/s1. The zero-order valence-corrected chi connectivity index (χ0v) is 18.9. The highest BCUT2D eigenvalue weighted by Gasteiger charge is 2.60. The second kappa shape index (κ2) is 7.73. The zero-order chi connectivity index (χ0) is 20.9. The van der Waals surface area contributed by atoms with Crippen LogP contribution >= 0.6 is 0 Å². The summed E-state index contributed by atoms with van der Waals surface area (Å²) in [7, 11) is 0. The van der Waals surface area contributed by atoms with Crippen molar-refractivity contribution in [3.63, 3.8) is 0 Å². The number of fused-ring (bicyclic) bond motifs is 5. The first-order valence-corrected chi connectivity index (χ1v) is 12.5. The van der Waals surface area contributed by atoms with E-state index in [1.165, 1.54) is 44.1 Å². The molecule has 0 spiro atoms. The number of hydrogen-bond acceptors (Lipinski definition) is 3. The lowest BCUT2D eigenvalue weighted by Crippen LogP contribution is -2.54. The number of rotatable bonds is 4. The van der Waals surface area contributed by atoms with Crippen molar-refractivity contribution in [3.05, 3.63) is 30.1 Å². The Bertz CT molecular complexity index is 778. The molecule has 1 heterocycles. The Kier molecular flexibility index (Phi) is 5.32. The van der Waals surface area contributed by atoms with Crippen LogP contribution in [0.25, 0.3) is 0 Å². The molecular weight excluding hydrogens is 370 g/mol. The maximum absolute atomic E-state index is 13.3. The number of aryl methyl sites for hydroxylation is 1. The summed E-state index contributed by atoms with van der Waals surface area (Å²) in [6.45, 7) is 5.02. The highest BCUT2D eigenvalue weighted by atomic mass is 16.3. The molecule has 3 heteroatoms. The predicted octanol–water partition coefficient (Wildman–Crippen LogP) is 5.60. The van der Waals surface area contributed by atoms with Crippen molar-refractivity contribution < 1.29 is 9.90 Å². The smallest absolute Gasteiger partial charge is 0.136 e. The molecule has 0 amide bonds. The minimum Gasteiger partial charge on any atom is -0.393 e. The highest BCUT2D eigenvalue weighted by molar-refractivity contribution is 5.82. The molecule has 0 saturated heterocycles. The van der Waals surface area contributed by atoms with Gasteiger partial charge in [0.25, 0.3) is 0 Å². The van der Waals surface area contributed by atoms with Crippen LogP contribution in [0, 0.1) is 40.4 Å². The van der Waals surface area contributed by atoms with Crippen molar-refractivity contribution in [2.75, 3.05) is 0 Å². The van der Waals surface area contributed by atoms with Crippen LogP contribution in [0.1, 0.15) is 83.6 Å². The van der Waals surface area contributed by atoms with E-state index in [0.717, 1.165) is 43.4 Å². The Morgan fingerprint density at radius 3 is 2.53 bits per heavy atom. The molecule has 4 fully saturated rings. The lowest BCUT2D eigenvalue weighted by atomic mass is 9.44. The average Bonchev–Trinajstić information content (AvgIpc) is 3.10. The second-order valence-electron chi connectivity index (χ2n) is 11.6. The van der Waals surface area contributed by atoms with E-state index in [9.17, 15) is 9.90 Å². The van der Waals surface area contributed by atoms with E-state index in [-0.39, 0.29) is 17.4 Å². The summed E-state index contributed by atoms with van der Waals surface area (Å²) in [5.74, 6) is 3.84. The van der Waals surface area contributed by atoms with Crippen molar-refractivity contribution >= 4 is 5.78 Å². The third-order valence-electron chi connectivity index (χ3n) is 10.4. The predicted molar refractivity (Wildman–Crippen MR) is 119 cm³/mol. The van der Waals surface area contributed by atoms with Crippen LogP contribution in [0.5, 0.6) is 0 Å². The van der Waals surface area contributed by atoms with Gasteiger partial charge >= 0.3 is 0 Å². The van der Waals surface area contributed by atoms with Gasteiger partial charge in [0.05, 0.1) is 6.10 Å². The molecule has 3 nitrogen and oxygen atoms in total. The van der Waals surface area contributed by atoms with Gasteiger partial charge in [0.1, 0.15) is 5.78 Å². The van der Waals surface area contributed by atoms with Gasteiger partial charge in [-0.25, -0.2) is 0 Å². The van der Waals surface area contributed by atoms with E-state index >= 15 is 0 Å². The molecule has 1 aromatic rings. The first-order chi connectivity index (χ1) is 14.4. The van der Waals surface area contributed by atoms with Crippen molar-refractivity contribution in [1.82, 2.24) is 4.98 Å². The molecule has 4 aliphatic carbocycles. The number of carbonyl (C=O) groups is 1. The molecule has 0 radical (unpaired) electrons. The molecule has 1 aromatic heterocycles. The number of aliphatic hydroxyl groups is 1. The molecule has 0 bridgehead atoms. The quantitative estimate of drug-likeness (QED) is 0.704. The molecule has 5 rings (SSSR count). The minimum absolute atomic E-state index is 0.0673. The van der Waals surface area contributed by atoms with Gasteiger partial charge in [-0.3, -0.25) is 9.78 Å². The molecule has 30 heavy (non-hydrogen) atoms. The number of carbonyl (C=O) groups excluding carboxylic acids is 1. The Labute approximate surface area is 182 Å². The minimum atomic E-state index is -0.0673. The van der Waals surface area contributed by atoms with Gasteiger partial charge in [-0.2, -0.15) is 0 Å². The first-order valence-electron chi connectivity index (χ1n) is 12.5. The van der Waals surface area contributed by atoms with Crippen LogP contribution in [0.4, 0.5) is 0 Å². The molecule has 0 aliphatic heterocycles. The van der Waals surface area contributed by atoms with Gasteiger partial charge in [0, 0.05) is 24.7 Å². The monoisotopic (exact) mass is 409 g/mol. The lowest BCUT2D eigenvalue weighted by Gasteiger charge is -2.60. The molecule has 1 N–H and O–H groups in total. The molecule has 4 saturated carbocycles. The molecule has 164 valence electrons. The lowest BCUT2D eigenvalue weighted by molar-refractivity contribution is -0.139. The molecule has 0 aromatic carbocycles. The number of Topliss-reactive ketones (excluding diaryl/α,β-unsaturated/α-hetero) is 1. The maximum Gasteiger partial charge on any atom is 0.136 e. The summed E-state index contributed by atoms with van der Waals surface area (Å²) in [5.41, 5.74) is 1.87. The zero-order valence-electron chi connectivity index (χ0n) is 18.9. The fraction of sp³-hybridized carbons (Fsp3) is 0.778. The van der Waals surface area contributed by atoms with Crippen LogP contribution in [-0.4, -0.2) is 22.0 Å². The number of aromatic nitrogens is 1. The second-order valence-corrected chi connectivity index (χ2v) is 11.6. The summed E-state index contributed by atoms with van der Waals surface area (Å²) < 4.78 is 0. The van der Waals surface area contributed by atoms with Gasteiger partial charge in [-0.1, -0.05) is 13.8 Å². The number of pyridine rings is 1. The summed E-state index contributed by atoms with van der Waals surface area (Å²) in [5, 5.41) is 10.2. The summed E-state index contributed by atoms with van der Waals surface area (Å²) in [6, 6.07) is 4.08. The van der Waals surface area contributed by atoms with E-state index in [2.05, 4.69) is 18.8 Å². The fourth-order valence-corrected chi connectivity index (χ4v) is 8.76. The summed E-state index contributed by atoms with van der Waals surface area (Å²) in [6.07, 6.45) is 15.9. The van der Waals surface area contributed by atoms with Crippen LogP contribution in [-0.2, 0) is 11.2 Å².